The normalized spacial score (nSPS) is 13.5. The summed E-state index contributed by atoms with van der Waals surface area (Å²) in [4.78, 5) is 0. The number of para-hydroxylation sites is 2. The van der Waals surface area contributed by atoms with Gasteiger partial charge in [-0.1, -0.05) is 12.1 Å². The molecule has 0 spiro atoms. The summed E-state index contributed by atoms with van der Waals surface area (Å²) in [5, 5.41) is 0. The average Bonchev–Trinajstić information content (AvgIpc) is 2.05. The zero-order valence-electron chi connectivity index (χ0n) is 6.54. The molecule has 1 radical (unpaired) electrons. The largest absolute Gasteiger partial charge is 0.486 e. The maximum Gasteiger partial charge on any atom is 0.161 e. The van der Waals surface area contributed by atoms with Crippen LogP contribution in [0.2, 0.25) is 0 Å². The topological polar surface area (TPSA) is 18.5 Å². The number of ether oxygens (including phenoxy) is 2. The molecule has 1 aliphatic heterocycles. The van der Waals surface area contributed by atoms with E-state index in [1.165, 1.54) is 0 Å². The fourth-order valence-corrected chi connectivity index (χ4v) is 0.992. The molecule has 0 aliphatic carbocycles. The van der Waals surface area contributed by atoms with Gasteiger partial charge in [-0.05, 0) is 12.1 Å². The van der Waals surface area contributed by atoms with Crippen LogP contribution in [0.3, 0.4) is 0 Å². The second-order valence-corrected chi connectivity index (χ2v) is 2.14. The van der Waals surface area contributed by atoms with Crippen molar-refractivity contribution in [3.05, 3.63) is 24.3 Å². The van der Waals surface area contributed by atoms with E-state index in [0.717, 1.165) is 11.5 Å². The molecule has 2 nitrogen and oxygen atoms in total. The van der Waals surface area contributed by atoms with Gasteiger partial charge in [0.05, 0.1) is 0 Å². The summed E-state index contributed by atoms with van der Waals surface area (Å²) in [5.74, 6) is 1.71. The third-order valence-electron chi connectivity index (χ3n) is 1.45. The standard InChI is InChI=1S/C8H8O2.Li/c1-2-4-8-7(3-1)9-5-6-10-8;/h1-4H,5-6H2;. The average molecular weight is 143 g/mol. The van der Waals surface area contributed by atoms with Gasteiger partial charge in [0.2, 0.25) is 0 Å². The summed E-state index contributed by atoms with van der Waals surface area (Å²) in [5.41, 5.74) is 0. The monoisotopic (exact) mass is 143 g/mol. The summed E-state index contributed by atoms with van der Waals surface area (Å²) < 4.78 is 10.6. The van der Waals surface area contributed by atoms with Gasteiger partial charge in [0, 0.05) is 18.9 Å². The van der Waals surface area contributed by atoms with Crippen LogP contribution in [-0.2, 0) is 0 Å². The van der Waals surface area contributed by atoms with Gasteiger partial charge in [0.25, 0.3) is 0 Å². The van der Waals surface area contributed by atoms with Crippen molar-refractivity contribution in [2.75, 3.05) is 13.2 Å². The van der Waals surface area contributed by atoms with Crippen LogP contribution < -0.4 is 9.47 Å². The molecule has 1 aliphatic rings. The van der Waals surface area contributed by atoms with Gasteiger partial charge >= 0.3 is 0 Å². The quantitative estimate of drug-likeness (QED) is 0.506. The van der Waals surface area contributed by atoms with Crippen molar-refractivity contribution in [3.63, 3.8) is 0 Å². The number of fused-ring (bicyclic) bond motifs is 1. The van der Waals surface area contributed by atoms with Crippen molar-refractivity contribution >= 4 is 18.9 Å². The van der Waals surface area contributed by atoms with Crippen LogP contribution in [0.5, 0.6) is 11.5 Å². The maximum atomic E-state index is 5.30. The molecule has 1 aromatic rings. The molecule has 11 heavy (non-hydrogen) atoms. The van der Waals surface area contributed by atoms with Crippen LogP contribution in [0.15, 0.2) is 24.3 Å². The summed E-state index contributed by atoms with van der Waals surface area (Å²) in [6.07, 6.45) is 0. The van der Waals surface area contributed by atoms with E-state index in [1.54, 1.807) is 0 Å². The van der Waals surface area contributed by atoms with Gasteiger partial charge in [0.15, 0.2) is 11.5 Å². The van der Waals surface area contributed by atoms with Crippen molar-refractivity contribution in [2.45, 2.75) is 0 Å². The molecule has 0 aromatic heterocycles. The number of hydrogen-bond acceptors (Lipinski definition) is 2. The van der Waals surface area contributed by atoms with Gasteiger partial charge in [-0.3, -0.25) is 0 Å². The Labute approximate surface area is 77.7 Å². The van der Waals surface area contributed by atoms with Gasteiger partial charge in [-0.25, -0.2) is 0 Å². The van der Waals surface area contributed by atoms with E-state index in [0.29, 0.717) is 13.2 Å². The molecule has 0 saturated carbocycles. The van der Waals surface area contributed by atoms with E-state index in [9.17, 15) is 0 Å². The summed E-state index contributed by atoms with van der Waals surface area (Å²) in [6, 6.07) is 7.70. The Hall–Kier alpha value is -0.583. The van der Waals surface area contributed by atoms with E-state index in [1.807, 2.05) is 24.3 Å². The van der Waals surface area contributed by atoms with Gasteiger partial charge in [0.1, 0.15) is 13.2 Å². The summed E-state index contributed by atoms with van der Waals surface area (Å²) in [7, 11) is 0. The first-order chi connectivity index (χ1) is 4.97. The van der Waals surface area contributed by atoms with E-state index in [2.05, 4.69) is 0 Å². The van der Waals surface area contributed by atoms with Crippen LogP contribution in [-0.4, -0.2) is 32.1 Å². The van der Waals surface area contributed by atoms with Crippen molar-refractivity contribution in [3.8, 4) is 11.5 Å². The van der Waals surface area contributed by atoms with E-state index < -0.39 is 0 Å². The minimum absolute atomic E-state index is 0. The Morgan fingerprint density at radius 1 is 0.909 bits per heavy atom. The summed E-state index contributed by atoms with van der Waals surface area (Å²) in [6.45, 7) is 1.33. The first kappa shape index (κ1) is 8.51. The molecule has 53 valence electrons. The maximum absolute atomic E-state index is 5.30. The number of hydrogen-bond donors (Lipinski definition) is 0. The first-order valence-electron chi connectivity index (χ1n) is 3.31. The molecular weight excluding hydrogens is 135 g/mol. The van der Waals surface area contributed by atoms with E-state index in [-0.39, 0.29) is 18.9 Å². The van der Waals surface area contributed by atoms with E-state index >= 15 is 0 Å². The predicted molar refractivity (Wildman–Crippen MR) is 43.2 cm³/mol. The van der Waals surface area contributed by atoms with Crippen molar-refractivity contribution in [2.24, 2.45) is 0 Å². The molecule has 0 bridgehead atoms. The zero-order valence-corrected chi connectivity index (χ0v) is 6.54. The SMILES string of the molecule is [Li].c1ccc2c(c1)OCCO2. The fourth-order valence-electron chi connectivity index (χ4n) is 0.992. The molecule has 1 heterocycles. The van der Waals surface area contributed by atoms with Crippen LogP contribution in [0.25, 0.3) is 0 Å². The molecule has 2 rings (SSSR count). The van der Waals surface area contributed by atoms with Gasteiger partial charge in [-0.15, -0.1) is 0 Å². The van der Waals surface area contributed by atoms with Gasteiger partial charge < -0.3 is 9.47 Å². The molecular formula is C8H8LiO2. The Bertz CT molecular complexity index is 212. The van der Waals surface area contributed by atoms with E-state index in [4.69, 9.17) is 9.47 Å². The molecule has 0 unspecified atom stereocenters. The minimum atomic E-state index is 0. The smallest absolute Gasteiger partial charge is 0.161 e. The van der Waals surface area contributed by atoms with Crippen molar-refractivity contribution < 1.29 is 9.47 Å². The molecule has 1 aromatic carbocycles. The Balaban J connectivity index is 0.000000605. The summed E-state index contributed by atoms with van der Waals surface area (Å²) >= 11 is 0. The van der Waals surface area contributed by atoms with Crippen molar-refractivity contribution in [1.82, 2.24) is 0 Å². The Morgan fingerprint density at radius 2 is 1.36 bits per heavy atom. The molecule has 0 N–H and O–H groups in total. The minimum Gasteiger partial charge on any atom is -0.486 e. The number of rotatable bonds is 0. The Kier molecular flexibility index (Phi) is 2.87. The Morgan fingerprint density at radius 3 is 1.82 bits per heavy atom. The predicted octanol–water partition coefficient (Wildman–Crippen LogP) is 1.08. The second-order valence-electron chi connectivity index (χ2n) is 2.14. The molecule has 3 heteroatoms. The first-order valence-corrected chi connectivity index (χ1v) is 3.31. The molecule has 0 atom stereocenters. The molecule has 0 amide bonds. The fraction of sp³-hybridized carbons (Fsp3) is 0.250. The van der Waals surface area contributed by atoms with Crippen LogP contribution in [0.1, 0.15) is 0 Å². The van der Waals surface area contributed by atoms with Crippen LogP contribution in [0, 0.1) is 0 Å². The molecule has 0 saturated heterocycles. The van der Waals surface area contributed by atoms with Gasteiger partial charge in [-0.2, -0.15) is 0 Å². The third-order valence-corrected chi connectivity index (χ3v) is 1.45. The second kappa shape index (κ2) is 3.71. The molecule has 0 fully saturated rings. The van der Waals surface area contributed by atoms with Crippen LogP contribution >= 0.6 is 0 Å². The van der Waals surface area contributed by atoms with Crippen molar-refractivity contribution in [1.29, 1.82) is 0 Å². The number of benzene rings is 1. The van der Waals surface area contributed by atoms with Crippen LogP contribution in [0.4, 0.5) is 0 Å². The third kappa shape index (κ3) is 1.71. The zero-order chi connectivity index (χ0) is 6.81.